The van der Waals surface area contributed by atoms with Crippen molar-refractivity contribution >= 4 is 16.6 Å². The molecule has 2 heterocycles. The minimum absolute atomic E-state index is 0.110. The lowest BCUT2D eigenvalue weighted by Gasteiger charge is -2.12. The fraction of sp³-hybridized carbons (Fsp3) is 0.200. The Bertz CT molecular complexity index is 804. The summed E-state index contributed by atoms with van der Waals surface area (Å²) in [6, 6.07) is 9.26. The summed E-state index contributed by atoms with van der Waals surface area (Å²) >= 11 is 0. The molecule has 0 radical (unpaired) electrons. The van der Waals surface area contributed by atoms with Gasteiger partial charge >= 0.3 is 0 Å². The van der Waals surface area contributed by atoms with Gasteiger partial charge in [-0.3, -0.25) is 4.79 Å². The minimum Gasteiger partial charge on any atom is -0.444 e. The van der Waals surface area contributed by atoms with E-state index in [4.69, 9.17) is 4.42 Å². The van der Waals surface area contributed by atoms with Crippen molar-refractivity contribution in [1.82, 2.24) is 9.97 Å². The number of fused-ring (bicyclic) bond motifs is 1. The molecule has 5 nitrogen and oxygen atoms in total. The fourth-order valence-electron chi connectivity index (χ4n) is 2.16. The zero-order valence-corrected chi connectivity index (χ0v) is 11.3. The number of aromatic amines is 1. The zero-order valence-electron chi connectivity index (χ0n) is 11.3. The summed E-state index contributed by atoms with van der Waals surface area (Å²) in [7, 11) is 0. The number of oxazole rings is 1. The lowest BCUT2D eigenvalue weighted by Crippen LogP contribution is -2.13. The Labute approximate surface area is 115 Å². The topological polar surface area (TPSA) is 70.9 Å². The van der Waals surface area contributed by atoms with Gasteiger partial charge in [-0.05, 0) is 31.4 Å². The third kappa shape index (κ3) is 2.30. The van der Waals surface area contributed by atoms with Gasteiger partial charge in [0, 0.05) is 5.39 Å². The highest BCUT2D eigenvalue weighted by atomic mass is 16.4. The summed E-state index contributed by atoms with van der Waals surface area (Å²) < 4.78 is 5.47. The van der Waals surface area contributed by atoms with Crippen LogP contribution in [-0.2, 0) is 0 Å². The van der Waals surface area contributed by atoms with E-state index < -0.39 is 0 Å². The summed E-state index contributed by atoms with van der Waals surface area (Å²) in [6.07, 6.45) is 1.68. The number of aromatic nitrogens is 2. The molecular weight excluding hydrogens is 254 g/mol. The van der Waals surface area contributed by atoms with Crippen molar-refractivity contribution in [2.24, 2.45) is 0 Å². The van der Waals surface area contributed by atoms with E-state index in [9.17, 15) is 4.79 Å². The van der Waals surface area contributed by atoms with Gasteiger partial charge in [0.05, 0.1) is 6.20 Å². The highest BCUT2D eigenvalue weighted by Crippen LogP contribution is 2.19. The lowest BCUT2D eigenvalue weighted by atomic mass is 10.2. The molecule has 3 aromatic rings. The third-order valence-electron chi connectivity index (χ3n) is 3.14. The molecule has 0 spiro atoms. The number of nitrogens with zero attached hydrogens (tertiary/aromatic N) is 1. The van der Waals surface area contributed by atoms with E-state index >= 15 is 0 Å². The number of anilines is 1. The Morgan fingerprint density at radius 3 is 2.90 bits per heavy atom. The molecule has 1 unspecified atom stereocenters. The van der Waals surface area contributed by atoms with Crippen molar-refractivity contribution in [2.45, 2.75) is 19.9 Å². The number of H-pyrrole nitrogens is 1. The van der Waals surface area contributed by atoms with Crippen LogP contribution in [0, 0.1) is 6.92 Å². The van der Waals surface area contributed by atoms with E-state index in [1.54, 1.807) is 12.3 Å². The Hall–Kier alpha value is -2.56. The first-order valence-corrected chi connectivity index (χ1v) is 6.44. The van der Waals surface area contributed by atoms with Crippen LogP contribution in [0.15, 0.2) is 45.7 Å². The molecule has 0 aliphatic rings. The van der Waals surface area contributed by atoms with Gasteiger partial charge in [0.25, 0.3) is 5.56 Å². The number of nitrogens with one attached hydrogen (secondary N) is 2. The lowest BCUT2D eigenvalue weighted by molar-refractivity contribution is 0.453. The average Bonchev–Trinajstić information content (AvgIpc) is 2.86. The van der Waals surface area contributed by atoms with Gasteiger partial charge in [-0.25, -0.2) is 4.98 Å². The Balaban J connectivity index is 1.93. The predicted octanol–water partition coefficient (Wildman–Crippen LogP) is 3.00. The zero-order chi connectivity index (χ0) is 14.1. The first-order valence-electron chi connectivity index (χ1n) is 6.44. The van der Waals surface area contributed by atoms with E-state index in [-0.39, 0.29) is 11.6 Å². The maximum atomic E-state index is 12.0. The van der Waals surface area contributed by atoms with Gasteiger partial charge in [0.1, 0.15) is 17.6 Å². The summed E-state index contributed by atoms with van der Waals surface area (Å²) in [5.41, 5.74) is -0.110. The molecule has 1 atom stereocenters. The summed E-state index contributed by atoms with van der Waals surface area (Å²) in [5.74, 6) is 2.01. The molecule has 0 amide bonds. The number of hydrogen-bond donors (Lipinski definition) is 2. The van der Waals surface area contributed by atoms with E-state index in [0.29, 0.717) is 17.1 Å². The Morgan fingerprint density at radius 1 is 1.35 bits per heavy atom. The predicted molar refractivity (Wildman–Crippen MR) is 77.8 cm³/mol. The van der Waals surface area contributed by atoms with Crippen molar-refractivity contribution in [1.29, 1.82) is 0 Å². The minimum atomic E-state index is -0.125. The molecule has 0 fully saturated rings. The van der Waals surface area contributed by atoms with Crippen molar-refractivity contribution in [3.63, 3.8) is 0 Å². The molecule has 0 aliphatic heterocycles. The second-order valence-electron chi connectivity index (χ2n) is 4.77. The standard InChI is InChI=1S/C15H15N3O2/c1-9-8-16-15(20-9)10(2)17-13-7-11-5-3-4-6-12(11)14(19)18-13/h3-8,10H,1-2H3,(H2,17,18,19). The number of rotatable bonds is 3. The molecule has 0 bridgehead atoms. The van der Waals surface area contributed by atoms with Crippen molar-refractivity contribution in [3.05, 3.63) is 58.5 Å². The van der Waals surface area contributed by atoms with Gasteiger partial charge in [-0.2, -0.15) is 0 Å². The Kier molecular flexibility index (Phi) is 3.02. The summed E-state index contributed by atoms with van der Waals surface area (Å²) in [5, 5.41) is 4.77. The molecule has 2 aromatic heterocycles. The highest BCUT2D eigenvalue weighted by molar-refractivity contribution is 5.83. The molecule has 3 rings (SSSR count). The van der Waals surface area contributed by atoms with E-state index in [2.05, 4.69) is 15.3 Å². The maximum Gasteiger partial charge on any atom is 0.257 e. The second-order valence-corrected chi connectivity index (χ2v) is 4.77. The summed E-state index contributed by atoms with van der Waals surface area (Å²) in [6.45, 7) is 3.78. The Morgan fingerprint density at radius 2 is 2.15 bits per heavy atom. The van der Waals surface area contributed by atoms with Crippen molar-refractivity contribution in [3.8, 4) is 0 Å². The van der Waals surface area contributed by atoms with Gasteiger partial charge in [-0.15, -0.1) is 0 Å². The average molecular weight is 269 g/mol. The molecule has 102 valence electrons. The van der Waals surface area contributed by atoms with Crippen LogP contribution in [0.3, 0.4) is 0 Å². The molecule has 0 aliphatic carbocycles. The highest BCUT2D eigenvalue weighted by Gasteiger charge is 2.12. The van der Waals surface area contributed by atoms with Crippen LogP contribution in [0.1, 0.15) is 24.6 Å². The van der Waals surface area contributed by atoms with Crippen LogP contribution < -0.4 is 10.9 Å². The monoisotopic (exact) mass is 269 g/mol. The summed E-state index contributed by atoms with van der Waals surface area (Å²) in [4.78, 5) is 19.0. The molecule has 20 heavy (non-hydrogen) atoms. The first-order chi connectivity index (χ1) is 9.63. The van der Waals surface area contributed by atoms with E-state index in [1.165, 1.54) is 0 Å². The smallest absolute Gasteiger partial charge is 0.257 e. The van der Waals surface area contributed by atoms with Crippen LogP contribution >= 0.6 is 0 Å². The number of aryl methyl sites for hydroxylation is 1. The molecular formula is C15H15N3O2. The number of hydrogen-bond acceptors (Lipinski definition) is 4. The van der Waals surface area contributed by atoms with Gasteiger partial charge in [-0.1, -0.05) is 18.2 Å². The van der Waals surface area contributed by atoms with Gasteiger partial charge < -0.3 is 14.7 Å². The van der Waals surface area contributed by atoms with Crippen LogP contribution in [0.4, 0.5) is 5.82 Å². The van der Waals surface area contributed by atoms with Gasteiger partial charge in [0.15, 0.2) is 0 Å². The number of pyridine rings is 1. The number of benzene rings is 1. The van der Waals surface area contributed by atoms with E-state index in [0.717, 1.165) is 11.1 Å². The third-order valence-corrected chi connectivity index (χ3v) is 3.14. The molecule has 5 heteroatoms. The molecule has 1 aromatic carbocycles. The largest absolute Gasteiger partial charge is 0.444 e. The molecule has 2 N–H and O–H groups in total. The van der Waals surface area contributed by atoms with Crippen LogP contribution in [-0.4, -0.2) is 9.97 Å². The van der Waals surface area contributed by atoms with Crippen LogP contribution in [0.2, 0.25) is 0 Å². The van der Waals surface area contributed by atoms with Crippen molar-refractivity contribution < 1.29 is 4.42 Å². The first kappa shape index (κ1) is 12.5. The molecule has 0 saturated heterocycles. The molecule has 0 saturated carbocycles. The quantitative estimate of drug-likeness (QED) is 0.766. The normalized spacial score (nSPS) is 12.5. The van der Waals surface area contributed by atoms with Gasteiger partial charge in [0.2, 0.25) is 5.89 Å². The SMILES string of the molecule is Cc1cnc(C(C)Nc2cc3ccccc3c(=O)[nH]2)o1. The van der Waals surface area contributed by atoms with Crippen LogP contribution in [0.5, 0.6) is 0 Å². The van der Waals surface area contributed by atoms with Crippen molar-refractivity contribution in [2.75, 3.05) is 5.32 Å². The fourth-order valence-corrected chi connectivity index (χ4v) is 2.16. The van der Waals surface area contributed by atoms with E-state index in [1.807, 2.05) is 38.1 Å². The second kappa shape index (κ2) is 4.85. The van der Waals surface area contributed by atoms with Crippen LogP contribution in [0.25, 0.3) is 10.8 Å². The maximum absolute atomic E-state index is 12.0.